The van der Waals surface area contributed by atoms with Gasteiger partial charge in [0.2, 0.25) is 0 Å². The van der Waals surface area contributed by atoms with Gasteiger partial charge in [0, 0.05) is 25.0 Å². The Kier molecular flexibility index (Phi) is 4.39. The Morgan fingerprint density at radius 2 is 2.10 bits per heavy atom. The van der Waals surface area contributed by atoms with E-state index in [-0.39, 0.29) is 0 Å². The van der Waals surface area contributed by atoms with Crippen LogP contribution < -0.4 is 10.2 Å². The first kappa shape index (κ1) is 14.3. The van der Waals surface area contributed by atoms with Crippen molar-refractivity contribution < 1.29 is 0 Å². The van der Waals surface area contributed by atoms with Crippen molar-refractivity contribution in [2.75, 3.05) is 18.5 Å². The van der Waals surface area contributed by atoms with Gasteiger partial charge in [0.05, 0.1) is 5.52 Å². The molecule has 1 aromatic heterocycles. The maximum atomic E-state index is 4.87. The van der Waals surface area contributed by atoms with Crippen LogP contribution in [0.25, 0.3) is 10.9 Å². The molecule has 1 N–H and O–H groups in total. The van der Waals surface area contributed by atoms with E-state index in [9.17, 15) is 0 Å². The molecule has 1 saturated carbocycles. The lowest BCUT2D eigenvalue weighted by atomic mass is 9.92. The summed E-state index contributed by atoms with van der Waals surface area (Å²) in [6.45, 7) is 4.18. The summed E-state index contributed by atoms with van der Waals surface area (Å²) < 4.78 is 0. The second kappa shape index (κ2) is 6.44. The quantitative estimate of drug-likeness (QED) is 0.819. The first-order valence-electron chi connectivity index (χ1n) is 8.12. The van der Waals surface area contributed by atoms with Crippen LogP contribution in [-0.4, -0.2) is 24.6 Å². The SMILES string of the molecule is CCCNCc1cc(N(C)C2CCC2)nc2ccccc12. The Morgan fingerprint density at radius 1 is 1.29 bits per heavy atom. The van der Waals surface area contributed by atoms with Crippen molar-refractivity contribution in [1.82, 2.24) is 10.3 Å². The van der Waals surface area contributed by atoms with Gasteiger partial charge < -0.3 is 10.2 Å². The summed E-state index contributed by atoms with van der Waals surface area (Å²) >= 11 is 0. The van der Waals surface area contributed by atoms with E-state index in [1.807, 2.05) is 0 Å². The molecule has 2 aromatic rings. The monoisotopic (exact) mass is 283 g/mol. The fraction of sp³-hybridized carbons (Fsp3) is 0.500. The molecule has 3 nitrogen and oxygen atoms in total. The second-order valence-corrected chi connectivity index (χ2v) is 6.03. The van der Waals surface area contributed by atoms with Crippen LogP contribution in [0.3, 0.4) is 0 Å². The third kappa shape index (κ3) is 3.03. The maximum Gasteiger partial charge on any atom is 0.129 e. The summed E-state index contributed by atoms with van der Waals surface area (Å²) in [5.41, 5.74) is 2.46. The van der Waals surface area contributed by atoms with E-state index in [0.717, 1.165) is 30.8 Å². The number of benzene rings is 1. The van der Waals surface area contributed by atoms with Crippen LogP contribution >= 0.6 is 0 Å². The van der Waals surface area contributed by atoms with Crippen LogP contribution in [0.5, 0.6) is 0 Å². The third-order valence-corrected chi connectivity index (χ3v) is 4.51. The van der Waals surface area contributed by atoms with E-state index in [4.69, 9.17) is 4.98 Å². The van der Waals surface area contributed by atoms with E-state index in [1.165, 1.54) is 30.2 Å². The fourth-order valence-corrected chi connectivity index (χ4v) is 2.92. The van der Waals surface area contributed by atoms with E-state index < -0.39 is 0 Å². The van der Waals surface area contributed by atoms with Crippen molar-refractivity contribution in [2.45, 2.75) is 45.2 Å². The Labute approximate surface area is 127 Å². The molecule has 21 heavy (non-hydrogen) atoms. The predicted molar refractivity (Wildman–Crippen MR) is 89.8 cm³/mol. The molecule has 0 bridgehead atoms. The number of hydrogen-bond acceptors (Lipinski definition) is 3. The molecule has 3 rings (SSSR count). The molecule has 1 heterocycles. The number of rotatable bonds is 6. The Balaban J connectivity index is 1.93. The number of fused-ring (bicyclic) bond motifs is 1. The molecule has 0 aliphatic heterocycles. The molecule has 0 spiro atoms. The van der Waals surface area contributed by atoms with Gasteiger partial charge >= 0.3 is 0 Å². The van der Waals surface area contributed by atoms with Gasteiger partial charge in [0.15, 0.2) is 0 Å². The summed E-state index contributed by atoms with van der Waals surface area (Å²) in [5, 5.41) is 4.79. The maximum absolute atomic E-state index is 4.87. The molecule has 1 aliphatic carbocycles. The summed E-state index contributed by atoms with van der Waals surface area (Å²) in [7, 11) is 2.18. The molecule has 1 aromatic carbocycles. The number of para-hydroxylation sites is 1. The minimum absolute atomic E-state index is 0.676. The molecule has 0 radical (unpaired) electrons. The highest BCUT2D eigenvalue weighted by Crippen LogP contribution is 2.29. The summed E-state index contributed by atoms with van der Waals surface area (Å²) in [5.74, 6) is 1.12. The summed E-state index contributed by atoms with van der Waals surface area (Å²) in [6, 6.07) is 11.4. The molecule has 112 valence electrons. The van der Waals surface area contributed by atoms with Crippen molar-refractivity contribution in [3.8, 4) is 0 Å². The Bertz CT molecular complexity index is 604. The highest BCUT2D eigenvalue weighted by atomic mass is 15.2. The molecule has 1 aliphatic rings. The first-order chi connectivity index (χ1) is 10.3. The van der Waals surface area contributed by atoms with Crippen molar-refractivity contribution in [2.24, 2.45) is 0 Å². The molecule has 0 saturated heterocycles. The number of hydrogen-bond donors (Lipinski definition) is 1. The van der Waals surface area contributed by atoms with Crippen LogP contribution in [0.15, 0.2) is 30.3 Å². The lowest BCUT2D eigenvalue weighted by Crippen LogP contribution is -2.37. The van der Waals surface area contributed by atoms with Crippen molar-refractivity contribution in [1.29, 1.82) is 0 Å². The standard InChI is InChI=1S/C18H25N3/c1-3-11-19-13-14-12-18(21(2)15-7-6-8-15)20-17-10-5-4-9-16(14)17/h4-5,9-10,12,15,19H,3,6-8,11,13H2,1-2H3. The Hall–Kier alpha value is -1.61. The zero-order valence-electron chi connectivity index (χ0n) is 13.1. The van der Waals surface area contributed by atoms with Gasteiger partial charge in [-0.05, 0) is 49.9 Å². The molecule has 3 heteroatoms. The van der Waals surface area contributed by atoms with E-state index >= 15 is 0 Å². The molecule has 0 unspecified atom stereocenters. The van der Waals surface area contributed by atoms with E-state index in [0.29, 0.717) is 6.04 Å². The second-order valence-electron chi connectivity index (χ2n) is 6.03. The molecule has 1 fully saturated rings. The first-order valence-corrected chi connectivity index (χ1v) is 8.12. The van der Waals surface area contributed by atoms with Gasteiger partial charge in [-0.1, -0.05) is 25.1 Å². The summed E-state index contributed by atoms with van der Waals surface area (Å²) in [4.78, 5) is 7.23. The molecular weight excluding hydrogens is 258 g/mol. The molecule has 0 atom stereocenters. The summed E-state index contributed by atoms with van der Waals surface area (Å²) in [6.07, 6.45) is 5.12. The van der Waals surface area contributed by atoms with Crippen molar-refractivity contribution in [3.05, 3.63) is 35.9 Å². The van der Waals surface area contributed by atoms with Crippen LogP contribution in [0, 0.1) is 0 Å². The van der Waals surface area contributed by atoms with Crippen LogP contribution in [0.4, 0.5) is 5.82 Å². The number of nitrogens with zero attached hydrogens (tertiary/aromatic N) is 2. The third-order valence-electron chi connectivity index (χ3n) is 4.51. The van der Waals surface area contributed by atoms with Crippen molar-refractivity contribution >= 4 is 16.7 Å². The van der Waals surface area contributed by atoms with Crippen LogP contribution in [0.1, 0.15) is 38.2 Å². The van der Waals surface area contributed by atoms with Gasteiger partial charge in [0.1, 0.15) is 5.82 Å². The average molecular weight is 283 g/mol. The number of pyridine rings is 1. The van der Waals surface area contributed by atoms with Crippen molar-refractivity contribution in [3.63, 3.8) is 0 Å². The highest BCUT2D eigenvalue weighted by Gasteiger charge is 2.23. The largest absolute Gasteiger partial charge is 0.357 e. The smallest absolute Gasteiger partial charge is 0.129 e. The topological polar surface area (TPSA) is 28.2 Å². The van der Waals surface area contributed by atoms with Gasteiger partial charge in [-0.3, -0.25) is 0 Å². The van der Waals surface area contributed by atoms with Gasteiger partial charge in [-0.15, -0.1) is 0 Å². The van der Waals surface area contributed by atoms with Crippen LogP contribution in [-0.2, 0) is 6.54 Å². The number of anilines is 1. The van der Waals surface area contributed by atoms with E-state index in [2.05, 4.69) is 54.5 Å². The normalized spacial score (nSPS) is 15.1. The lowest BCUT2D eigenvalue weighted by Gasteiger charge is -2.35. The molecule has 0 amide bonds. The number of aromatic nitrogens is 1. The molecular formula is C18H25N3. The highest BCUT2D eigenvalue weighted by molar-refractivity contribution is 5.84. The average Bonchev–Trinajstić information content (AvgIpc) is 2.45. The fourth-order valence-electron chi connectivity index (χ4n) is 2.92. The predicted octanol–water partition coefficient (Wildman–Crippen LogP) is 3.72. The van der Waals surface area contributed by atoms with E-state index in [1.54, 1.807) is 0 Å². The Morgan fingerprint density at radius 3 is 2.81 bits per heavy atom. The number of nitrogens with one attached hydrogen (secondary N) is 1. The van der Waals surface area contributed by atoms with Gasteiger partial charge in [0.25, 0.3) is 0 Å². The van der Waals surface area contributed by atoms with Gasteiger partial charge in [-0.25, -0.2) is 4.98 Å². The zero-order valence-corrected chi connectivity index (χ0v) is 13.1. The van der Waals surface area contributed by atoms with Gasteiger partial charge in [-0.2, -0.15) is 0 Å². The lowest BCUT2D eigenvalue weighted by molar-refractivity contribution is 0.399. The van der Waals surface area contributed by atoms with Crippen LogP contribution in [0.2, 0.25) is 0 Å². The zero-order chi connectivity index (χ0) is 14.7. The minimum Gasteiger partial charge on any atom is -0.357 e. The minimum atomic E-state index is 0.676.